The highest BCUT2D eigenvalue weighted by atomic mass is 16.4. The van der Waals surface area contributed by atoms with Crippen molar-refractivity contribution in [1.29, 1.82) is 0 Å². The van der Waals surface area contributed by atoms with E-state index in [0.717, 1.165) is 19.3 Å². The van der Waals surface area contributed by atoms with Crippen LogP contribution >= 0.6 is 0 Å². The Labute approximate surface area is 208 Å². The summed E-state index contributed by atoms with van der Waals surface area (Å²) in [4.78, 5) is 27.2. The molecule has 0 aromatic rings. The highest BCUT2D eigenvalue weighted by molar-refractivity contribution is 5.83. The smallest absolute Gasteiger partial charge is 0.326 e. The number of unbranched alkanes of at least 4 members (excludes halogenated alkanes) is 17. The molecule has 200 valence electrons. The number of nitrogens with one attached hydrogen (secondary N) is 1. The molecule has 0 spiro atoms. The molecular formula is C27H54N4O3. The number of carboxylic acid groups (broad SMARTS) is 1. The molecule has 0 aromatic carbocycles. The van der Waals surface area contributed by atoms with Crippen molar-refractivity contribution in [3.8, 4) is 0 Å². The summed E-state index contributed by atoms with van der Waals surface area (Å²) in [7, 11) is 0. The molecule has 0 aliphatic carbocycles. The second kappa shape index (κ2) is 24.3. The molecular weight excluding hydrogens is 428 g/mol. The third kappa shape index (κ3) is 23.4. The van der Waals surface area contributed by atoms with Crippen LogP contribution in [0.5, 0.6) is 0 Å². The van der Waals surface area contributed by atoms with E-state index in [1.165, 1.54) is 96.3 Å². The van der Waals surface area contributed by atoms with Gasteiger partial charge in [0.15, 0.2) is 5.96 Å². The largest absolute Gasteiger partial charge is 0.480 e. The number of aliphatic imine (C=N–C) groups is 1. The van der Waals surface area contributed by atoms with Gasteiger partial charge in [0.05, 0.1) is 0 Å². The summed E-state index contributed by atoms with van der Waals surface area (Å²) in [6.07, 6.45) is 24.8. The predicted octanol–water partition coefficient (Wildman–Crippen LogP) is 6.04. The Morgan fingerprint density at radius 2 is 1.12 bits per heavy atom. The van der Waals surface area contributed by atoms with Crippen LogP contribution in [-0.4, -0.2) is 35.5 Å². The molecule has 6 N–H and O–H groups in total. The fourth-order valence-corrected chi connectivity index (χ4v) is 4.21. The molecule has 0 aliphatic heterocycles. The maximum Gasteiger partial charge on any atom is 0.326 e. The monoisotopic (exact) mass is 482 g/mol. The molecule has 1 atom stereocenters. The van der Waals surface area contributed by atoms with E-state index in [9.17, 15) is 14.7 Å². The van der Waals surface area contributed by atoms with Crippen molar-refractivity contribution in [3.05, 3.63) is 0 Å². The molecule has 0 aromatic heterocycles. The zero-order valence-electron chi connectivity index (χ0n) is 22.0. The molecule has 0 saturated carbocycles. The molecule has 0 fully saturated rings. The van der Waals surface area contributed by atoms with Crippen molar-refractivity contribution in [2.75, 3.05) is 6.54 Å². The number of carbonyl (C=O) groups excluding carboxylic acids is 1. The lowest BCUT2D eigenvalue weighted by atomic mass is 10.0. The third-order valence-electron chi connectivity index (χ3n) is 6.34. The number of carbonyl (C=O) groups is 2. The van der Waals surface area contributed by atoms with Gasteiger partial charge >= 0.3 is 5.97 Å². The molecule has 34 heavy (non-hydrogen) atoms. The Bertz CT molecular complexity index is 522. The van der Waals surface area contributed by atoms with Crippen molar-refractivity contribution >= 4 is 17.8 Å². The molecule has 0 aliphatic rings. The maximum absolute atomic E-state index is 12.0. The Hall–Kier alpha value is -1.79. The van der Waals surface area contributed by atoms with Crippen LogP contribution in [0.3, 0.4) is 0 Å². The van der Waals surface area contributed by atoms with E-state index in [4.69, 9.17) is 11.5 Å². The van der Waals surface area contributed by atoms with Crippen molar-refractivity contribution in [3.63, 3.8) is 0 Å². The van der Waals surface area contributed by atoms with Crippen LogP contribution in [0.15, 0.2) is 4.99 Å². The molecule has 0 bridgehead atoms. The molecule has 0 saturated heterocycles. The lowest BCUT2D eigenvalue weighted by molar-refractivity contribution is -0.142. The van der Waals surface area contributed by atoms with Crippen LogP contribution in [0.2, 0.25) is 0 Å². The van der Waals surface area contributed by atoms with Gasteiger partial charge in [0.1, 0.15) is 6.04 Å². The van der Waals surface area contributed by atoms with Crippen LogP contribution < -0.4 is 16.8 Å². The first-order valence-corrected chi connectivity index (χ1v) is 14.0. The van der Waals surface area contributed by atoms with Gasteiger partial charge in [-0.15, -0.1) is 0 Å². The van der Waals surface area contributed by atoms with Crippen molar-refractivity contribution in [1.82, 2.24) is 5.32 Å². The van der Waals surface area contributed by atoms with Crippen LogP contribution in [0.1, 0.15) is 142 Å². The van der Waals surface area contributed by atoms with Gasteiger partial charge in [-0.25, -0.2) is 4.79 Å². The van der Waals surface area contributed by atoms with Crippen molar-refractivity contribution < 1.29 is 14.7 Å². The first kappa shape index (κ1) is 32.2. The number of nitrogens with zero attached hydrogens (tertiary/aromatic N) is 1. The Morgan fingerprint density at radius 3 is 1.50 bits per heavy atom. The fraction of sp³-hybridized carbons (Fsp3) is 0.889. The average molecular weight is 483 g/mol. The SMILES string of the molecule is CCCCCCCCCCCCCCCCCCCCC(=O)NC(CCCN=C(N)N)C(=O)O. The minimum Gasteiger partial charge on any atom is -0.480 e. The van der Waals surface area contributed by atoms with Gasteiger partial charge in [-0.2, -0.15) is 0 Å². The summed E-state index contributed by atoms with van der Waals surface area (Å²) in [5, 5.41) is 11.9. The number of amides is 1. The van der Waals surface area contributed by atoms with Crippen LogP contribution in [0.25, 0.3) is 0 Å². The van der Waals surface area contributed by atoms with E-state index in [2.05, 4.69) is 17.2 Å². The molecule has 1 amide bonds. The number of hydrogen-bond acceptors (Lipinski definition) is 3. The minimum atomic E-state index is -1.02. The van der Waals surface area contributed by atoms with Crippen molar-refractivity contribution in [2.24, 2.45) is 16.5 Å². The highest BCUT2D eigenvalue weighted by Crippen LogP contribution is 2.14. The second-order valence-corrected chi connectivity index (χ2v) is 9.67. The minimum absolute atomic E-state index is 0.00926. The molecule has 7 nitrogen and oxygen atoms in total. The number of hydrogen-bond donors (Lipinski definition) is 4. The fourth-order valence-electron chi connectivity index (χ4n) is 4.21. The first-order chi connectivity index (χ1) is 16.5. The topological polar surface area (TPSA) is 131 Å². The maximum atomic E-state index is 12.0. The van der Waals surface area contributed by atoms with E-state index in [0.29, 0.717) is 25.8 Å². The lowest BCUT2D eigenvalue weighted by Gasteiger charge is -2.14. The molecule has 0 radical (unpaired) electrons. The van der Waals surface area contributed by atoms with E-state index in [1.54, 1.807) is 0 Å². The van der Waals surface area contributed by atoms with E-state index < -0.39 is 12.0 Å². The van der Waals surface area contributed by atoms with Crippen LogP contribution in [-0.2, 0) is 9.59 Å². The number of nitrogens with two attached hydrogens (primary N) is 2. The van der Waals surface area contributed by atoms with Gasteiger partial charge < -0.3 is 21.9 Å². The van der Waals surface area contributed by atoms with Gasteiger partial charge in [-0.1, -0.05) is 116 Å². The van der Waals surface area contributed by atoms with E-state index in [-0.39, 0.29) is 11.9 Å². The Kier molecular flexibility index (Phi) is 23.1. The Balaban J connectivity index is 3.46. The van der Waals surface area contributed by atoms with E-state index >= 15 is 0 Å². The summed E-state index contributed by atoms with van der Waals surface area (Å²) in [6, 6.07) is -0.878. The lowest BCUT2D eigenvalue weighted by Crippen LogP contribution is -2.40. The normalized spacial score (nSPS) is 11.8. The zero-order chi connectivity index (χ0) is 25.3. The molecule has 1 unspecified atom stereocenters. The molecule has 0 heterocycles. The Morgan fingerprint density at radius 1 is 0.706 bits per heavy atom. The van der Waals surface area contributed by atoms with Crippen LogP contribution in [0.4, 0.5) is 0 Å². The van der Waals surface area contributed by atoms with Gasteiger partial charge in [-0.3, -0.25) is 9.79 Å². The summed E-state index contributed by atoms with van der Waals surface area (Å²) in [5.74, 6) is -1.22. The average Bonchev–Trinajstić information content (AvgIpc) is 2.80. The summed E-state index contributed by atoms with van der Waals surface area (Å²) in [5.41, 5.74) is 10.5. The summed E-state index contributed by atoms with van der Waals surface area (Å²) in [6.45, 7) is 2.63. The zero-order valence-corrected chi connectivity index (χ0v) is 22.0. The highest BCUT2D eigenvalue weighted by Gasteiger charge is 2.18. The van der Waals surface area contributed by atoms with Crippen molar-refractivity contribution in [2.45, 2.75) is 148 Å². The second-order valence-electron chi connectivity index (χ2n) is 9.67. The number of aliphatic carboxylic acids is 1. The summed E-state index contributed by atoms with van der Waals surface area (Å²) < 4.78 is 0. The third-order valence-corrected chi connectivity index (χ3v) is 6.34. The number of guanidine groups is 1. The number of rotatable bonds is 25. The van der Waals surface area contributed by atoms with Gasteiger partial charge in [0.2, 0.25) is 5.91 Å². The van der Waals surface area contributed by atoms with Gasteiger partial charge in [0.25, 0.3) is 0 Å². The number of carboxylic acids is 1. The molecule has 0 rings (SSSR count). The standard InChI is InChI=1S/C27H54N4O3/c1-2-3-4-5-6-7-8-9-10-11-12-13-14-15-16-17-18-19-22-25(32)31-24(26(33)34)21-20-23-30-27(28)29/h24H,2-23H2,1H3,(H,31,32)(H,33,34)(H4,28,29,30). The summed E-state index contributed by atoms with van der Waals surface area (Å²) >= 11 is 0. The predicted molar refractivity (Wildman–Crippen MR) is 143 cm³/mol. The quantitative estimate of drug-likeness (QED) is 0.0715. The van der Waals surface area contributed by atoms with Crippen LogP contribution in [0, 0.1) is 0 Å². The van der Waals surface area contributed by atoms with Gasteiger partial charge in [0, 0.05) is 13.0 Å². The molecule has 7 heteroatoms. The van der Waals surface area contributed by atoms with E-state index in [1.807, 2.05) is 0 Å². The van der Waals surface area contributed by atoms with Gasteiger partial charge in [-0.05, 0) is 19.3 Å². The first-order valence-electron chi connectivity index (χ1n) is 14.0.